The molecule has 0 N–H and O–H groups in total. The van der Waals surface area contributed by atoms with E-state index in [1.165, 1.54) is 49.7 Å². The largest absolute Gasteiger partial charge is 2.00 e. The number of aryl methyl sites for hydroxylation is 5. The van der Waals surface area contributed by atoms with Crippen molar-refractivity contribution in [3.63, 3.8) is 0 Å². The second-order valence-electron chi connectivity index (χ2n) is 12.2. The van der Waals surface area contributed by atoms with E-state index in [0.717, 1.165) is 0 Å². The van der Waals surface area contributed by atoms with Crippen molar-refractivity contribution in [2.24, 2.45) is 0 Å². The molecular weight excluding hydrogens is 1290 g/mol. The molecule has 0 saturated carbocycles. The minimum atomic E-state index is 0. The number of rotatable bonds is 1. The van der Waals surface area contributed by atoms with Gasteiger partial charge in [-0.3, -0.25) is 0 Å². The van der Waals surface area contributed by atoms with Gasteiger partial charge in [0.2, 0.25) is 0 Å². The average molecular weight is 1420 g/mol. The van der Waals surface area contributed by atoms with Crippen LogP contribution in [0.5, 0.6) is 0 Å². The molecule has 0 saturated heterocycles. The maximum absolute atomic E-state index is 2.17. The molecule has 8 aromatic rings. The Hall–Kier alpha value is -4.60. The van der Waals surface area contributed by atoms with Crippen LogP contribution in [0.1, 0.15) is 180 Å². The van der Waals surface area contributed by atoms with Crippen molar-refractivity contribution in [2.45, 2.75) is 187 Å². The van der Waals surface area contributed by atoms with E-state index in [9.17, 15) is 0 Å². The summed E-state index contributed by atoms with van der Waals surface area (Å²) in [6.07, 6.45) is 0. The summed E-state index contributed by atoms with van der Waals surface area (Å²) in [6, 6.07) is 76.8. The van der Waals surface area contributed by atoms with Crippen LogP contribution in [0.4, 0.5) is 0 Å². The molecule has 0 amide bonds. The van der Waals surface area contributed by atoms with Crippen molar-refractivity contribution in [3.8, 4) is 11.1 Å². The predicted octanol–water partition coefficient (Wildman–Crippen LogP) is 27.6. The SMILES string of the molecule is CC.CC.CC.CC.CC.CC.CC.CC.CC.CC.CC.Cc1ccc(-c2ccc(C)cc2)cc1.Cc1ccccc1.Cc1ccccc1.Cc1ccccc1.[CH3-].[CH3-].[CH3-].[CH3-].[W+2].[W+2].c1ccc2ccccc2c1.c1ccccc1. The maximum Gasteiger partial charge on any atom is 2.00 e. The number of benzene rings is 8. The molecule has 0 aromatic heterocycles. The quantitative estimate of drug-likeness (QED) is 0.144. The molecule has 8 aromatic carbocycles. The van der Waals surface area contributed by atoms with Crippen molar-refractivity contribution in [3.05, 3.63) is 282 Å². The number of hydrogen-bond acceptors (Lipinski definition) is 0. The van der Waals surface area contributed by atoms with Gasteiger partial charge >= 0.3 is 42.1 Å². The maximum atomic E-state index is 2.17. The van der Waals surface area contributed by atoms with Crippen LogP contribution >= 0.6 is 0 Å². The third-order valence-electron chi connectivity index (χ3n) is 7.58. The predicted molar refractivity (Wildman–Crippen MR) is 376 cm³/mol. The van der Waals surface area contributed by atoms with Crippen LogP contribution in [0, 0.1) is 64.3 Å². The standard InChI is InChI=1S/C14H14.C10H8.3C7H8.C6H6.11C2H6.4CH3.2W/c1-11-3-7-13(8-4-11)14-9-5-12(2)6-10-14;1-2-6-10-8-4-3-7-9(10)5-1;3*1-7-5-3-2-4-6-7;1-2-4-6-5-3-1;11*1-2;;;;;;/h3-10H,1-2H3;1-8H;3*2-6H,1H3;1-6H;11*1-2H3;4*1H3;;/q;;;;;;;;;;;;;;;;;4*-1;2*+2. The zero-order valence-electron chi connectivity index (χ0n) is 57.7. The second kappa shape index (κ2) is 109. The third-order valence-corrected chi connectivity index (χ3v) is 7.58. The van der Waals surface area contributed by atoms with Crippen molar-refractivity contribution in [2.75, 3.05) is 0 Å². The molecule has 0 heterocycles. The summed E-state index contributed by atoms with van der Waals surface area (Å²) in [5.74, 6) is 0. The summed E-state index contributed by atoms with van der Waals surface area (Å²) < 4.78 is 0. The van der Waals surface area contributed by atoms with Crippen LogP contribution in [0.2, 0.25) is 0 Å². The second-order valence-corrected chi connectivity index (χ2v) is 12.2. The van der Waals surface area contributed by atoms with Gasteiger partial charge in [0.15, 0.2) is 0 Å². The first-order valence-electron chi connectivity index (χ1n) is 28.5. The minimum Gasteiger partial charge on any atom is -0.358 e. The third kappa shape index (κ3) is 82.4. The smallest absolute Gasteiger partial charge is 0.358 e. The normalized spacial score (nSPS) is 6.82. The van der Waals surface area contributed by atoms with Crippen molar-refractivity contribution in [1.82, 2.24) is 0 Å². The molecule has 450 valence electrons. The molecule has 0 unspecified atom stereocenters. The van der Waals surface area contributed by atoms with Gasteiger partial charge in [-0.1, -0.05) is 405 Å². The molecule has 0 aliphatic heterocycles. The van der Waals surface area contributed by atoms with E-state index in [1.807, 2.05) is 243 Å². The van der Waals surface area contributed by atoms with E-state index in [4.69, 9.17) is 0 Å². The van der Waals surface area contributed by atoms with Crippen LogP contribution in [-0.2, 0) is 42.1 Å². The van der Waals surface area contributed by atoms with E-state index in [1.54, 1.807) is 0 Å². The molecule has 2 heteroatoms. The van der Waals surface area contributed by atoms with Gasteiger partial charge in [-0.2, -0.15) is 0 Å². The summed E-state index contributed by atoms with van der Waals surface area (Å²) in [5.41, 5.74) is 9.15. The van der Waals surface area contributed by atoms with Gasteiger partial charge in [-0.05, 0) is 56.5 Å². The monoisotopic (exact) mass is 1420 g/mol. The molecule has 0 radical (unpaired) electrons. The summed E-state index contributed by atoms with van der Waals surface area (Å²) in [7, 11) is 0. The molecule has 0 aliphatic rings. The van der Waals surface area contributed by atoms with E-state index in [-0.39, 0.29) is 71.8 Å². The van der Waals surface area contributed by atoms with Crippen molar-refractivity contribution < 1.29 is 42.1 Å². The molecule has 0 atom stereocenters. The van der Waals surface area contributed by atoms with Gasteiger partial charge in [0.05, 0.1) is 0 Å². The van der Waals surface area contributed by atoms with E-state index in [0.29, 0.717) is 0 Å². The molecule has 0 aliphatic carbocycles. The minimum absolute atomic E-state index is 0. The van der Waals surface area contributed by atoms with Gasteiger partial charge in [-0.15, -0.1) is 0 Å². The van der Waals surface area contributed by atoms with Gasteiger partial charge in [-0.25, -0.2) is 0 Å². The van der Waals surface area contributed by atoms with Crippen LogP contribution in [0.15, 0.2) is 224 Å². The fourth-order valence-electron chi connectivity index (χ4n) is 4.61. The number of hydrogen-bond donors (Lipinski definition) is 0. The first-order chi connectivity index (χ1) is 35.9. The molecule has 0 fully saturated rings. The van der Waals surface area contributed by atoms with Crippen LogP contribution < -0.4 is 0 Å². The Balaban J connectivity index is -0.0000000446. The first-order valence-corrected chi connectivity index (χ1v) is 28.5. The Kier molecular flexibility index (Phi) is 157. The van der Waals surface area contributed by atoms with Crippen LogP contribution in [0.3, 0.4) is 0 Å². The van der Waals surface area contributed by atoms with E-state index >= 15 is 0 Å². The average Bonchev–Trinajstić information content (AvgIpc) is 3.51. The Bertz CT molecular complexity index is 1770. The van der Waals surface area contributed by atoms with Gasteiger partial charge in [0.1, 0.15) is 0 Å². The topological polar surface area (TPSA) is 0 Å². The zero-order chi connectivity index (χ0) is 58.4. The Morgan fingerprint density at radius 2 is 0.266 bits per heavy atom. The number of fused-ring (bicyclic) bond motifs is 1. The summed E-state index contributed by atoms with van der Waals surface area (Å²) in [5, 5.41) is 2.62. The Morgan fingerprint density at radius 1 is 0.152 bits per heavy atom. The van der Waals surface area contributed by atoms with Crippen molar-refractivity contribution in [1.29, 1.82) is 0 Å². The summed E-state index contributed by atoms with van der Waals surface area (Å²) in [6.45, 7) is 54.5. The van der Waals surface area contributed by atoms with Gasteiger partial charge in [0, 0.05) is 0 Å². The molecule has 79 heavy (non-hydrogen) atoms. The Morgan fingerprint density at radius 3 is 0.392 bits per heavy atom. The van der Waals surface area contributed by atoms with E-state index in [2.05, 4.69) is 168 Å². The van der Waals surface area contributed by atoms with Crippen LogP contribution in [0.25, 0.3) is 21.9 Å². The summed E-state index contributed by atoms with van der Waals surface area (Å²) >= 11 is 0. The molecule has 0 nitrogen and oxygen atoms in total. The molecule has 8 rings (SSSR count). The molecule has 0 spiro atoms. The fraction of sp³-hybridized carbons (Fsp3) is 0.351. The van der Waals surface area contributed by atoms with Gasteiger partial charge in [0.25, 0.3) is 0 Å². The molecule has 0 bridgehead atoms. The summed E-state index contributed by atoms with van der Waals surface area (Å²) in [4.78, 5) is 0. The fourth-order valence-corrected chi connectivity index (χ4v) is 4.61. The first kappa shape index (κ1) is 114. The van der Waals surface area contributed by atoms with Crippen LogP contribution in [-0.4, -0.2) is 0 Å². The zero-order valence-corrected chi connectivity index (χ0v) is 63.5. The molecular formula is C77H130W2. The Labute approximate surface area is 529 Å². The van der Waals surface area contributed by atoms with Gasteiger partial charge < -0.3 is 29.7 Å². The van der Waals surface area contributed by atoms with E-state index < -0.39 is 0 Å². The van der Waals surface area contributed by atoms with Crippen molar-refractivity contribution >= 4 is 10.8 Å².